The second kappa shape index (κ2) is 19.0. The van der Waals surface area contributed by atoms with Gasteiger partial charge < -0.3 is 13.9 Å². The third kappa shape index (κ3) is 16.1. The van der Waals surface area contributed by atoms with Gasteiger partial charge in [-0.25, -0.2) is 9.97 Å². The van der Waals surface area contributed by atoms with Crippen LogP contribution in [0.25, 0.3) is 0 Å². The van der Waals surface area contributed by atoms with Gasteiger partial charge in [-0.15, -0.1) is 0 Å². The molecule has 0 amide bonds. The molecule has 0 aliphatic carbocycles. The summed E-state index contributed by atoms with van der Waals surface area (Å²) in [6.07, 6.45) is 15.9. The Morgan fingerprint density at radius 2 is 1.43 bits per heavy atom. The van der Waals surface area contributed by atoms with Gasteiger partial charge in [-0.05, 0) is 31.1 Å². The normalized spacial score (nSPS) is 15.1. The number of aromatic nitrogens is 2. The monoisotopic (exact) mass is 446 g/mol. The second-order valence-electron chi connectivity index (χ2n) is 8.08. The number of phosphoric acid groups is 1. The Balaban J connectivity index is 0.000000769. The Bertz CT molecular complexity index is 501. The van der Waals surface area contributed by atoms with E-state index < -0.39 is 7.82 Å². The number of rotatable bonds is 17. The van der Waals surface area contributed by atoms with Crippen molar-refractivity contribution in [3.63, 3.8) is 0 Å². The molecule has 6 nitrogen and oxygen atoms in total. The zero-order valence-corrected chi connectivity index (χ0v) is 21.0. The first-order chi connectivity index (χ1) is 14.4. The van der Waals surface area contributed by atoms with E-state index in [0.29, 0.717) is 11.8 Å². The van der Waals surface area contributed by atoms with Crippen LogP contribution in [0.5, 0.6) is 0 Å². The number of H-pyrrole nitrogens is 2. The van der Waals surface area contributed by atoms with E-state index >= 15 is 0 Å². The molecule has 1 rings (SSSR count). The van der Waals surface area contributed by atoms with Gasteiger partial charge in [0, 0.05) is 6.42 Å². The van der Waals surface area contributed by atoms with E-state index in [4.69, 9.17) is 9.05 Å². The molecule has 2 atom stereocenters. The van der Waals surface area contributed by atoms with Crippen LogP contribution in [-0.4, -0.2) is 18.2 Å². The second-order valence-corrected chi connectivity index (χ2v) is 9.49. The van der Waals surface area contributed by atoms with Crippen molar-refractivity contribution in [2.45, 2.75) is 105 Å². The van der Waals surface area contributed by atoms with Crippen LogP contribution in [0, 0.1) is 11.8 Å². The summed E-state index contributed by atoms with van der Waals surface area (Å²) in [6.45, 7) is 11.1. The van der Waals surface area contributed by atoms with Gasteiger partial charge in [0.15, 0.2) is 0 Å². The van der Waals surface area contributed by atoms with E-state index in [0.717, 1.165) is 57.8 Å². The van der Waals surface area contributed by atoms with E-state index in [9.17, 15) is 9.46 Å². The summed E-state index contributed by atoms with van der Waals surface area (Å²) in [4.78, 5) is 18.0. The Morgan fingerprint density at radius 3 is 1.80 bits per heavy atom. The molecule has 178 valence electrons. The summed E-state index contributed by atoms with van der Waals surface area (Å²) in [6, 6.07) is 0. The number of hydrogen-bond donors (Lipinski definition) is 1. The molecule has 0 bridgehead atoms. The van der Waals surface area contributed by atoms with Gasteiger partial charge >= 0.3 is 0 Å². The highest BCUT2D eigenvalue weighted by molar-refractivity contribution is 7.45. The third-order valence-corrected chi connectivity index (χ3v) is 6.33. The molecule has 1 aromatic heterocycles. The lowest BCUT2D eigenvalue weighted by Crippen LogP contribution is -2.17. The minimum Gasteiger partial charge on any atom is -0.756 e. The topological polar surface area (TPSA) is 88.5 Å². The molecule has 0 radical (unpaired) electrons. The molecular formula is C23H47N2O4P. The molecule has 0 aliphatic rings. The van der Waals surface area contributed by atoms with E-state index in [1.54, 1.807) is 0 Å². The van der Waals surface area contributed by atoms with Crippen molar-refractivity contribution in [3.05, 3.63) is 18.2 Å². The van der Waals surface area contributed by atoms with Gasteiger partial charge in [0.25, 0.3) is 13.6 Å². The zero-order valence-electron chi connectivity index (χ0n) is 20.1. The van der Waals surface area contributed by atoms with Crippen molar-refractivity contribution in [3.8, 4) is 0 Å². The number of hydrogen-bond acceptors (Lipinski definition) is 4. The van der Waals surface area contributed by atoms with Crippen LogP contribution in [0.15, 0.2) is 12.4 Å². The highest BCUT2D eigenvalue weighted by Crippen LogP contribution is 2.40. The molecule has 1 aromatic rings. The summed E-state index contributed by atoms with van der Waals surface area (Å²) in [5.74, 6) is 1.84. The summed E-state index contributed by atoms with van der Waals surface area (Å²) >= 11 is 0. The zero-order chi connectivity index (χ0) is 22.7. The van der Waals surface area contributed by atoms with Crippen molar-refractivity contribution in [2.24, 2.45) is 11.8 Å². The highest BCUT2D eigenvalue weighted by Gasteiger charge is 2.16. The molecule has 30 heavy (non-hydrogen) atoms. The fourth-order valence-electron chi connectivity index (χ4n) is 3.05. The minimum atomic E-state index is -4.14. The minimum absolute atomic E-state index is 0.253. The molecule has 0 saturated carbocycles. The number of nitrogens with one attached hydrogen (secondary N) is 2. The van der Waals surface area contributed by atoms with E-state index in [1.165, 1.54) is 18.7 Å². The standard InChI is InChI=1S/C16H35O4P.C7H12N2/c1-5-9-11-15(7-3)13-19-21(17,18)20-14-16(8-4)12-10-6-2;1-2-3-4-7-8-5-6-9-7/h15-16H,5-14H2,1-4H3,(H,17,18);5-6H,2-4H2,1H3,(H,8,9). The first-order valence-corrected chi connectivity index (χ1v) is 13.5. The van der Waals surface area contributed by atoms with Gasteiger partial charge in [0.1, 0.15) is 12.4 Å². The van der Waals surface area contributed by atoms with Crippen molar-refractivity contribution < 1.29 is 23.5 Å². The lowest BCUT2D eigenvalue weighted by atomic mass is 10.0. The van der Waals surface area contributed by atoms with Gasteiger partial charge in [-0.1, -0.05) is 79.6 Å². The average molecular weight is 447 g/mol. The van der Waals surface area contributed by atoms with Crippen LogP contribution in [0.4, 0.5) is 0 Å². The molecule has 0 saturated heterocycles. The highest BCUT2D eigenvalue weighted by atomic mass is 31.2. The Labute approximate surface area is 185 Å². The summed E-state index contributed by atoms with van der Waals surface area (Å²) in [7, 11) is -4.14. The largest absolute Gasteiger partial charge is 0.756 e. The van der Waals surface area contributed by atoms with Crippen molar-refractivity contribution in [1.29, 1.82) is 0 Å². The number of aryl methyl sites for hydroxylation is 1. The maximum atomic E-state index is 11.8. The van der Waals surface area contributed by atoms with Gasteiger partial charge in [-0.3, -0.25) is 4.57 Å². The van der Waals surface area contributed by atoms with Gasteiger partial charge in [0.05, 0.1) is 13.2 Å². The Kier molecular flexibility index (Phi) is 18.6. The Morgan fingerprint density at radius 1 is 0.933 bits per heavy atom. The lowest BCUT2D eigenvalue weighted by molar-refractivity contribution is -0.388. The summed E-state index contributed by atoms with van der Waals surface area (Å²) in [5, 5.41) is 0. The van der Waals surface area contributed by atoms with E-state index in [1.807, 2.05) is 12.4 Å². The Hall–Kier alpha value is -0.680. The van der Waals surface area contributed by atoms with Crippen molar-refractivity contribution in [1.82, 2.24) is 4.98 Å². The van der Waals surface area contributed by atoms with Crippen LogP contribution < -0.4 is 9.88 Å². The molecule has 0 spiro atoms. The maximum absolute atomic E-state index is 11.8. The number of imidazole rings is 1. The SMILES string of the molecule is CCCCC(CC)COP(=O)([O-])OCC(CC)CCCC.CCCCc1[nH]cc[nH+]1. The molecule has 2 N–H and O–H groups in total. The van der Waals surface area contributed by atoms with Crippen LogP contribution in [-0.2, 0) is 20.0 Å². The molecule has 0 aromatic carbocycles. The number of unbranched alkanes of at least 4 members (excludes halogenated alkanes) is 3. The quantitative estimate of drug-likeness (QED) is 0.293. The van der Waals surface area contributed by atoms with E-state index in [2.05, 4.69) is 44.6 Å². The van der Waals surface area contributed by atoms with Gasteiger partial charge in [0.2, 0.25) is 0 Å². The first kappa shape index (κ1) is 29.3. The van der Waals surface area contributed by atoms with Crippen LogP contribution in [0.2, 0.25) is 0 Å². The molecule has 7 heteroatoms. The predicted octanol–water partition coefficient (Wildman–Crippen LogP) is 6.09. The fraction of sp³-hybridized carbons (Fsp3) is 0.870. The summed E-state index contributed by atoms with van der Waals surface area (Å²) < 4.78 is 21.9. The van der Waals surface area contributed by atoms with Crippen molar-refractivity contribution in [2.75, 3.05) is 13.2 Å². The number of aromatic amines is 2. The van der Waals surface area contributed by atoms with Crippen LogP contribution >= 0.6 is 7.82 Å². The smallest absolute Gasteiger partial charge is 0.267 e. The molecule has 0 aliphatic heterocycles. The van der Waals surface area contributed by atoms with E-state index in [-0.39, 0.29) is 13.2 Å². The molecule has 2 unspecified atom stereocenters. The molecule has 1 heterocycles. The average Bonchev–Trinajstić information content (AvgIpc) is 3.26. The third-order valence-electron chi connectivity index (χ3n) is 5.40. The fourth-order valence-corrected chi connectivity index (χ4v) is 3.91. The van der Waals surface area contributed by atoms with Crippen molar-refractivity contribution >= 4 is 7.82 Å². The first-order valence-electron chi connectivity index (χ1n) is 12.1. The van der Waals surface area contributed by atoms with Gasteiger partial charge in [-0.2, -0.15) is 0 Å². The summed E-state index contributed by atoms with van der Waals surface area (Å²) in [5.41, 5.74) is 0. The molecule has 0 fully saturated rings. The number of phosphoric ester groups is 1. The maximum Gasteiger partial charge on any atom is 0.267 e. The lowest BCUT2D eigenvalue weighted by Gasteiger charge is -2.27. The van der Waals surface area contributed by atoms with Crippen LogP contribution in [0.3, 0.4) is 0 Å². The predicted molar refractivity (Wildman–Crippen MR) is 122 cm³/mol. The molecular weight excluding hydrogens is 399 g/mol. The van der Waals surface area contributed by atoms with Crippen LogP contribution in [0.1, 0.15) is 105 Å².